The fourth-order valence-electron chi connectivity index (χ4n) is 2.98. The van der Waals surface area contributed by atoms with Gasteiger partial charge in [0.05, 0.1) is 16.9 Å². The highest BCUT2D eigenvalue weighted by atomic mass is 19.1. The molecule has 1 aromatic rings. The molecule has 0 bridgehead atoms. The maximum Gasteiger partial charge on any atom is 0.296 e. The largest absolute Gasteiger partial charge is 0.369 e. The molecule has 5 heteroatoms. The fourth-order valence-corrected chi connectivity index (χ4v) is 2.98. The van der Waals surface area contributed by atoms with Gasteiger partial charge in [-0.3, -0.25) is 9.59 Å². The van der Waals surface area contributed by atoms with Gasteiger partial charge >= 0.3 is 0 Å². The van der Waals surface area contributed by atoms with Gasteiger partial charge in [0.25, 0.3) is 11.7 Å². The molecule has 0 aromatic heterocycles. The van der Waals surface area contributed by atoms with Crippen LogP contribution in [0.2, 0.25) is 0 Å². The number of ketones is 1. The van der Waals surface area contributed by atoms with Crippen LogP contribution in [0.1, 0.15) is 36.5 Å². The number of carbonyl (C=O) groups is 2. The van der Waals surface area contributed by atoms with E-state index in [1.54, 1.807) is 6.07 Å². The first-order chi connectivity index (χ1) is 9.60. The lowest BCUT2D eigenvalue weighted by molar-refractivity contribution is -0.112. The molecule has 0 aliphatic carbocycles. The Balaban J connectivity index is 1.87. The van der Waals surface area contributed by atoms with Crippen molar-refractivity contribution in [3.63, 3.8) is 0 Å². The SMILES string of the molecule is CCC1CCN(c2cc3c(cc2F)C(=O)C(=O)N3)CC1. The van der Waals surface area contributed by atoms with Crippen LogP contribution in [0, 0.1) is 11.7 Å². The van der Waals surface area contributed by atoms with Crippen LogP contribution >= 0.6 is 0 Å². The lowest BCUT2D eigenvalue weighted by Gasteiger charge is -2.33. The van der Waals surface area contributed by atoms with Crippen molar-refractivity contribution < 1.29 is 14.0 Å². The van der Waals surface area contributed by atoms with E-state index in [1.165, 1.54) is 6.07 Å². The number of fused-ring (bicyclic) bond motifs is 1. The maximum atomic E-state index is 14.2. The van der Waals surface area contributed by atoms with Crippen LogP contribution in [0.5, 0.6) is 0 Å². The molecule has 0 unspecified atom stereocenters. The molecule has 1 aromatic carbocycles. The van der Waals surface area contributed by atoms with Gasteiger partial charge in [-0.25, -0.2) is 4.39 Å². The minimum atomic E-state index is -0.679. The normalized spacial score (nSPS) is 19.2. The molecule has 0 atom stereocenters. The van der Waals surface area contributed by atoms with Gasteiger partial charge in [0.2, 0.25) is 0 Å². The van der Waals surface area contributed by atoms with Crippen molar-refractivity contribution in [3.8, 4) is 0 Å². The first-order valence-corrected chi connectivity index (χ1v) is 7.04. The molecule has 1 amide bonds. The number of piperidine rings is 1. The van der Waals surface area contributed by atoms with Crippen molar-refractivity contribution in [1.29, 1.82) is 0 Å². The standard InChI is InChI=1S/C15H17FN2O2/c1-2-9-3-5-18(6-4-9)13-8-12-10(7-11(13)16)14(19)15(20)17-12/h7-9H,2-6H2,1H3,(H,17,19,20). The van der Waals surface area contributed by atoms with Crippen molar-refractivity contribution in [2.45, 2.75) is 26.2 Å². The quantitative estimate of drug-likeness (QED) is 0.845. The van der Waals surface area contributed by atoms with Crippen LogP contribution in [0.4, 0.5) is 15.8 Å². The van der Waals surface area contributed by atoms with Crippen molar-refractivity contribution in [2.24, 2.45) is 5.92 Å². The molecule has 1 N–H and O–H groups in total. The summed E-state index contributed by atoms with van der Waals surface area (Å²) >= 11 is 0. The van der Waals surface area contributed by atoms with Gasteiger partial charge in [-0.1, -0.05) is 13.3 Å². The average Bonchev–Trinajstić information content (AvgIpc) is 2.74. The molecule has 20 heavy (non-hydrogen) atoms. The second kappa shape index (κ2) is 4.89. The number of anilines is 2. The first-order valence-electron chi connectivity index (χ1n) is 7.04. The minimum absolute atomic E-state index is 0.139. The topological polar surface area (TPSA) is 49.4 Å². The molecule has 1 saturated heterocycles. The Morgan fingerprint density at radius 3 is 2.65 bits per heavy atom. The number of Topliss-reactive ketones (excluding diaryl/α,β-unsaturated/α-hetero) is 1. The zero-order chi connectivity index (χ0) is 14.3. The number of nitrogens with one attached hydrogen (secondary N) is 1. The summed E-state index contributed by atoms with van der Waals surface area (Å²) in [4.78, 5) is 24.8. The Hall–Kier alpha value is -1.91. The van der Waals surface area contributed by atoms with Gasteiger partial charge in [-0.2, -0.15) is 0 Å². The van der Waals surface area contributed by atoms with Gasteiger partial charge < -0.3 is 10.2 Å². The lowest BCUT2D eigenvalue weighted by atomic mass is 9.94. The molecule has 4 nitrogen and oxygen atoms in total. The summed E-state index contributed by atoms with van der Waals surface area (Å²) in [5.41, 5.74) is 1.04. The van der Waals surface area contributed by atoms with Crippen LogP contribution in [0.25, 0.3) is 0 Å². The van der Waals surface area contributed by atoms with E-state index in [9.17, 15) is 14.0 Å². The van der Waals surface area contributed by atoms with E-state index in [2.05, 4.69) is 12.2 Å². The van der Waals surface area contributed by atoms with Crippen LogP contribution in [-0.2, 0) is 4.79 Å². The summed E-state index contributed by atoms with van der Waals surface area (Å²) < 4.78 is 14.2. The van der Waals surface area contributed by atoms with Gasteiger partial charge in [0.15, 0.2) is 0 Å². The molecule has 0 spiro atoms. The number of benzene rings is 1. The summed E-state index contributed by atoms with van der Waals surface area (Å²) in [5, 5.41) is 2.49. The van der Waals surface area contributed by atoms with Crippen LogP contribution in [0.3, 0.4) is 0 Å². The minimum Gasteiger partial charge on any atom is -0.369 e. The molecule has 1 fully saturated rings. The molecule has 3 rings (SSSR count). The third kappa shape index (κ3) is 2.07. The van der Waals surface area contributed by atoms with Crippen LogP contribution in [0.15, 0.2) is 12.1 Å². The van der Waals surface area contributed by atoms with Crippen LogP contribution in [-0.4, -0.2) is 24.8 Å². The Labute approximate surface area is 117 Å². The van der Waals surface area contributed by atoms with Gasteiger partial charge in [0, 0.05) is 13.1 Å². The highest BCUT2D eigenvalue weighted by molar-refractivity contribution is 6.51. The van der Waals surface area contributed by atoms with Gasteiger partial charge in [-0.05, 0) is 30.9 Å². The van der Waals surface area contributed by atoms with Crippen molar-refractivity contribution in [3.05, 3.63) is 23.5 Å². The fraction of sp³-hybridized carbons (Fsp3) is 0.467. The second-order valence-electron chi connectivity index (χ2n) is 5.47. The molecule has 2 aliphatic heterocycles. The highest BCUT2D eigenvalue weighted by Crippen LogP contribution is 2.33. The Morgan fingerprint density at radius 1 is 1.30 bits per heavy atom. The Morgan fingerprint density at radius 2 is 2.00 bits per heavy atom. The summed E-state index contributed by atoms with van der Waals surface area (Å²) in [6.07, 6.45) is 3.27. The van der Waals surface area contributed by atoms with E-state index in [0.717, 1.165) is 32.4 Å². The second-order valence-corrected chi connectivity index (χ2v) is 5.47. The third-order valence-corrected chi connectivity index (χ3v) is 4.32. The number of hydrogen-bond acceptors (Lipinski definition) is 3. The smallest absolute Gasteiger partial charge is 0.296 e. The summed E-state index contributed by atoms with van der Waals surface area (Å²) in [7, 11) is 0. The zero-order valence-electron chi connectivity index (χ0n) is 11.4. The summed E-state index contributed by atoms with van der Waals surface area (Å²) in [5.74, 6) is -1.05. The van der Waals surface area contributed by atoms with E-state index in [4.69, 9.17) is 0 Å². The van der Waals surface area contributed by atoms with Crippen molar-refractivity contribution >= 4 is 23.1 Å². The molecular formula is C15H17FN2O2. The Kier molecular flexibility index (Phi) is 3.20. The van der Waals surface area contributed by atoms with E-state index < -0.39 is 17.5 Å². The maximum absolute atomic E-state index is 14.2. The number of rotatable bonds is 2. The molecule has 2 heterocycles. The number of halogens is 1. The Bertz CT molecular complexity index is 577. The van der Waals surface area contributed by atoms with E-state index >= 15 is 0 Å². The van der Waals surface area contributed by atoms with Crippen molar-refractivity contribution in [1.82, 2.24) is 0 Å². The molecular weight excluding hydrogens is 259 g/mol. The average molecular weight is 276 g/mol. The van der Waals surface area contributed by atoms with Crippen LogP contribution < -0.4 is 10.2 Å². The summed E-state index contributed by atoms with van der Waals surface area (Å²) in [6, 6.07) is 2.76. The lowest BCUT2D eigenvalue weighted by Crippen LogP contribution is -2.34. The molecule has 0 saturated carbocycles. The van der Waals surface area contributed by atoms with E-state index in [1.807, 2.05) is 4.90 Å². The third-order valence-electron chi connectivity index (χ3n) is 4.32. The predicted molar refractivity (Wildman–Crippen MR) is 74.6 cm³/mol. The molecule has 0 radical (unpaired) electrons. The molecule has 106 valence electrons. The van der Waals surface area contributed by atoms with Gasteiger partial charge in [-0.15, -0.1) is 0 Å². The number of hydrogen-bond donors (Lipinski definition) is 1. The monoisotopic (exact) mass is 276 g/mol. The first kappa shape index (κ1) is 13.1. The van der Waals surface area contributed by atoms with E-state index in [-0.39, 0.29) is 5.56 Å². The number of nitrogens with zero attached hydrogens (tertiary/aromatic N) is 1. The summed E-state index contributed by atoms with van der Waals surface area (Å²) in [6.45, 7) is 3.81. The number of amides is 1. The van der Waals surface area contributed by atoms with Gasteiger partial charge in [0.1, 0.15) is 5.82 Å². The highest BCUT2D eigenvalue weighted by Gasteiger charge is 2.31. The van der Waals surface area contributed by atoms with E-state index in [0.29, 0.717) is 17.3 Å². The molecule has 2 aliphatic rings. The van der Waals surface area contributed by atoms with Crippen molar-refractivity contribution in [2.75, 3.05) is 23.3 Å². The predicted octanol–water partition coefficient (Wildman–Crippen LogP) is 2.59. The number of carbonyl (C=O) groups excluding carboxylic acids is 2. The zero-order valence-corrected chi connectivity index (χ0v) is 11.4.